The number of halogens is 1. The second kappa shape index (κ2) is 4.58. The van der Waals surface area contributed by atoms with Gasteiger partial charge in [0, 0.05) is 5.56 Å². The molecule has 0 aromatic heterocycles. The van der Waals surface area contributed by atoms with E-state index in [-0.39, 0.29) is 21.7 Å². The van der Waals surface area contributed by atoms with Gasteiger partial charge in [-0.1, -0.05) is 11.6 Å². The smallest absolute Gasteiger partial charge is 0.339 e. The van der Waals surface area contributed by atoms with Crippen molar-refractivity contribution < 1.29 is 14.3 Å². The summed E-state index contributed by atoms with van der Waals surface area (Å²) in [6.45, 7) is 0. The van der Waals surface area contributed by atoms with Crippen molar-refractivity contribution in [2.24, 2.45) is 0 Å². The second-order valence-corrected chi connectivity index (χ2v) is 3.05. The van der Waals surface area contributed by atoms with Gasteiger partial charge in [-0.05, 0) is 12.1 Å². The highest BCUT2D eigenvalue weighted by atomic mass is 35.5. The number of carbonyl (C=O) groups is 2. The molecule has 0 saturated heterocycles. The molecule has 1 aromatic carbocycles. The van der Waals surface area contributed by atoms with Gasteiger partial charge in [0.1, 0.15) is 0 Å². The molecule has 0 aliphatic rings. The zero-order valence-electron chi connectivity index (χ0n) is 7.78. The Kier molecular flexibility index (Phi) is 3.42. The molecule has 1 rings (SSSR count). The summed E-state index contributed by atoms with van der Waals surface area (Å²) < 4.78 is 4.47. The summed E-state index contributed by atoms with van der Waals surface area (Å²) in [5, 5.41) is 8.80. The van der Waals surface area contributed by atoms with Crippen LogP contribution in [0.5, 0.6) is 0 Å². The van der Waals surface area contributed by atoms with Gasteiger partial charge in [0.15, 0.2) is 6.29 Å². The molecule has 0 bridgehead atoms. The minimum Gasteiger partial charge on any atom is -0.465 e. The minimum atomic E-state index is -0.644. The van der Waals surface area contributed by atoms with Crippen LogP contribution in [0, 0.1) is 11.3 Å². The number of hydrogen-bond donors (Lipinski definition) is 0. The van der Waals surface area contributed by atoms with Crippen molar-refractivity contribution in [3.05, 3.63) is 33.8 Å². The van der Waals surface area contributed by atoms with Crippen LogP contribution in [0.2, 0.25) is 5.02 Å². The fourth-order valence-electron chi connectivity index (χ4n) is 1.05. The van der Waals surface area contributed by atoms with Crippen molar-refractivity contribution in [2.75, 3.05) is 7.11 Å². The van der Waals surface area contributed by atoms with Crippen LogP contribution < -0.4 is 0 Å². The van der Waals surface area contributed by atoms with Gasteiger partial charge in [-0.3, -0.25) is 4.79 Å². The molecule has 4 nitrogen and oxygen atoms in total. The van der Waals surface area contributed by atoms with Gasteiger partial charge in [-0.15, -0.1) is 0 Å². The van der Waals surface area contributed by atoms with Crippen LogP contribution in [-0.2, 0) is 4.74 Å². The summed E-state index contributed by atoms with van der Waals surface area (Å²) in [4.78, 5) is 21.8. The van der Waals surface area contributed by atoms with Crippen molar-refractivity contribution in [1.82, 2.24) is 0 Å². The van der Waals surface area contributed by atoms with Crippen LogP contribution in [0.1, 0.15) is 26.3 Å². The summed E-state index contributed by atoms with van der Waals surface area (Å²) in [5.74, 6) is -0.644. The Bertz CT molecular complexity index is 462. The van der Waals surface area contributed by atoms with Crippen LogP contribution in [0.25, 0.3) is 0 Å². The molecule has 0 aliphatic carbocycles. The zero-order chi connectivity index (χ0) is 11.4. The monoisotopic (exact) mass is 223 g/mol. The Morgan fingerprint density at radius 2 is 2.27 bits per heavy atom. The van der Waals surface area contributed by atoms with Crippen LogP contribution in [0.4, 0.5) is 0 Å². The van der Waals surface area contributed by atoms with Crippen LogP contribution in [0.15, 0.2) is 12.1 Å². The molecule has 76 valence electrons. The largest absolute Gasteiger partial charge is 0.465 e. The third-order valence-electron chi connectivity index (χ3n) is 1.79. The lowest BCUT2D eigenvalue weighted by Crippen LogP contribution is -2.04. The van der Waals surface area contributed by atoms with E-state index < -0.39 is 5.97 Å². The Morgan fingerprint density at radius 1 is 1.60 bits per heavy atom. The number of benzene rings is 1. The standard InChI is InChI=1S/C10H6ClNO3/c1-15-10(14)8-2-6(4-12)7(5-13)3-9(8)11/h2-3,5H,1H3. The van der Waals surface area contributed by atoms with E-state index in [0.717, 1.165) is 0 Å². The third-order valence-corrected chi connectivity index (χ3v) is 2.10. The fraction of sp³-hybridized carbons (Fsp3) is 0.100. The topological polar surface area (TPSA) is 67.2 Å². The molecule has 0 saturated carbocycles. The number of aldehydes is 1. The van der Waals surface area contributed by atoms with E-state index in [0.29, 0.717) is 6.29 Å². The predicted molar refractivity (Wildman–Crippen MR) is 52.9 cm³/mol. The molecule has 1 aromatic rings. The summed E-state index contributed by atoms with van der Waals surface area (Å²) in [6.07, 6.45) is 0.505. The Labute approximate surface area is 91.0 Å². The molecule has 0 aliphatic heterocycles. The molecule has 0 heterocycles. The van der Waals surface area contributed by atoms with Crippen LogP contribution in [-0.4, -0.2) is 19.4 Å². The Morgan fingerprint density at radius 3 is 2.73 bits per heavy atom. The molecule has 0 amide bonds. The van der Waals surface area contributed by atoms with Gasteiger partial charge in [0.2, 0.25) is 0 Å². The number of nitriles is 1. The lowest BCUT2D eigenvalue weighted by atomic mass is 10.1. The summed E-state index contributed by atoms with van der Waals surface area (Å²) in [7, 11) is 1.21. The normalized spacial score (nSPS) is 9.13. The quantitative estimate of drug-likeness (QED) is 0.567. The maximum Gasteiger partial charge on any atom is 0.339 e. The Hall–Kier alpha value is -1.86. The van der Waals surface area contributed by atoms with Crippen LogP contribution >= 0.6 is 11.6 Å². The summed E-state index contributed by atoms with van der Waals surface area (Å²) >= 11 is 5.74. The van der Waals surface area contributed by atoms with Crippen molar-refractivity contribution >= 4 is 23.9 Å². The van der Waals surface area contributed by atoms with Crippen molar-refractivity contribution in [2.45, 2.75) is 0 Å². The van der Waals surface area contributed by atoms with Crippen LogP contribution in [0.3, 0.4) is 0 Å². The highest BCUT2D eigenvalue weighted by molar-refractivity contribution is 6.34. The van der Waals surface area contributed by atoms with Gasteiger partial charge < -0.3 is 4.74 Å². The van der Waals surface area contributed by atoms with Crippen molar-refractivity contribution in [1.29, 1.82) is 5.26 Å². The lowest BCUT2D eigenvalue weighted by Gasteiger charge is -2.03. The van der Waals surface area contributed by atoms with E-state index in [9.17, 15) is 9.59 Å². The highest BCUT2D eigenvalue weighted by Crippen LogP contribution is 2.21. The first kappa shape index (κ1) is 11.2. The molecule has 0 spiro atoms. The summed E-state index contributed by atoms with van der Waals surface area (Å²) in [6, 6.07) is 4.29. The van der Waals surface area contributed by atoms with Gasteiger partial charge in [0.25, 0.3) is 0 Å². The highest BCUT2D eigenvalue weighted by Gasteiger charge is 2.14. The SMILES string of the molecule is COC(=O)c1cc(C#N)c(C=O)cc1Cl. The number of nitrogens with zero attached hydrogens (tertiary/aromatic N) is 1. The number of carbonyl (C=O) groups excluding carboxylic acids is 2. The number of hydrogen-bond acceptors (Lipinski definition) is 4. The average Bonchev–Trinajstić information content (AvgIpc) is 2.27. The number of methoxy groups -OCH3 is 1. The number of esters is 1. The van der Waals surface area contributed by atoms with Crippen molar-refractivity contribution in [3.8, 4) is 6.07 Å². The Balaban J connectivity index is 3.40. The first-order chi connectivity index (χ1) is 7.13. The second-order valence-electron chi connectivity index (χ2n) is 2.64. The van der Waals surface area contributed by atoms with Gasteiger partial charge in [0.05, 0.1) is 29.3 Å². The van der Waals surface area contributed by atoms with Crippen molar-refractivity contribution in [3.63, 3.8) is 0 Å². The van der Waals surface area contributed by atoms with E-state index in [1.165, 1.54) is 19.2 Å². The molecular formula is C10H6ClNO3. The predicted octanol–water partition coefficient (Wildman–Crippen LogP) is 1.81. The number of ether oxygens (including phenoxy) is 1. The fourth-order valence-corrected chi connectivity index (χ4v) is 1.30. The molecular weight excluding hydrogens is 218 g/mol. The first-order valence-electron chi connectivity index (χ1n) is 3.91. The minimum absolute atomic E-state index is 0.0707. The van der Waals surface area contributed by atoms with E-state index in [1.807, 2.05) is 0 Å². The van der Waals surface area contributed by atoms with E-state index in [4.69, 9.17) is 16.9 Å². The molecule has 0 fully saturated rings. The van der Waals surface area contributed by atoms with Gasteiger partial charge in [-0.2, -0.15) is 5.26 Å². The summed E-state index contributed by atoms with van der Waals surface area (Å²) in [5.41, 5.74) is 0.311. The molecule has 0 unspecified atom stereocenters. The van der Waals surface area contributed by atoms with E-state index >= 15 is 0 Å². The maximum absolute atomic E-state index is 11.2. The zero-order valence-corrected chi connectivity index (χ0v) is 8.54. The number of rotatable bonds is 2. The van der Waals surface area contributed by atoms with E-state index in [2.05, 4.69) is 4.74 Å². The lowest BCUT2D eigenvalue weighted by molar-refractivity contribution is 0.0600. The maximum atomic E-state index is 11.2. The molecule has 0 N–H and O–H groups in total. The first-order valence-corrected chi connectivity index (χ1v) is 4.29. The molecule has 5 heteroatoms. The van der Waals surface area contributed by atoms with Gasteiger partial charge in [-0.25, -0.2) is 4.79 Å². The van der Waals surface area contributed by atoms with E-state index in [1.54, 1.807) is 6.07 Å². The van der Waals surface area contributed by atoms with Gasteiger partial charge >= 0.3 is 5.97 Å². The molecule has 0 atom stereocenters. The average molecular weight is 224 g/mol. The molecule has 0 radical (unpaired) electrons. The molecule has 15 heavy (non-hydrogen) atoms. The third kappa shape index (κ3) is 2.14.